The lowest BCUT2D eigenvalue weighted by atomic mass is 9.97. The average molecular weight is 701 g/mol. The van der Waals surface area contributed by atoms with E-state index in [4.69, 9.17) is 28.4 Å². The Morgan fingerprint density at radius 3 is 1.08 bits per heavy atom. The molecule has 0 unspecified atom stereocenters. The maximum Gasteiger partial charge on any atom is 0.340 e. The summed E-state index contributed by atoms with van der Waals surface area (Å²) < 4.78 is 35.5. The second-order valence-corrected chi connectivity index (χ2v) is 11.5. The number of hydrogen-bond donors (Lipinski definition) is 0. The van der Waals surface area contributed by atoms with Gasteiger partial charge in [0.2, 0.25) is 12.4 Å². The van der Waals surface area contributed by atoms with Gasteiger partial charge in [-0.15, -0.1) is 0 Å². The Balaban J connectivity index is 1.41. The third-order valence-electron chi connectivity index (χ3n) is 7.97. The fourth-order valence-corrected chi connectivity index (χ4v) is 5.37. The van der Waals surface area contributed by atoms with Crippen LogP contribution in [0.4, 0.5) is 0 Å². The molecule has 0 aliphatic carbocycles. The van der Waals surface area contributed by atoms with E-state index in [0.29, 0.717) is 0 Å². The number of ether oxygens (including phenoxy) is 6. The third-order valence-corrected chi connectivity index (χ3v) is 7.97. The van der Waals surface area contributed by atoms with E-state index in [0.717, 1.165) is 0 Å². The monoisotopic (exact) mass is 700 g/mol. The Bertz CT molecular complexity index is 1970. The van der Waals surface area contributed by atoms with Crippen molar-refractivity contribution in [2.45, 2.75) is 30.7 Å². The van der Waals surface area contributed by atoms with E-state index in [1.54, 1.807) is 103 Å². The number of carbonyl (C=O) groups is 5. The van der Waals surface area contributed by atoms with E-state index >= 15 is 0 Å². The van der Waals surface area contributed by atoms with Crippen LogP contribution in [0.15, 0.2) is 152 Å². The number of carbonyl (C=O) groups excluding carboxylic acids is 5. The highest BCUT2D eigenvalue weighted by atomic mass is 16.7. The lowest BCUT2D eigenvalue weighted by molar-refractivity contribution is -0.282. The van der Waals surface area contributed by atoms with E-state index in [2.05, 4.69) is 0 Å². The lowest BCUT2D eigenvalue weighted by Crippen LogP contribution is -2.63. The van der Waals surface area contributed by atoms with Gasteiger partial charge < -0.3 is 28.4 Å². The summed E-state index contributed by atoms with van der Waals surface area (Å²) in [5.74, 6) is -4.19. The van der Waals surface area contributed by atoms with Gasteiger partial charge in [-0.25, -0.2) is 24.0 Å². The van der Waals surface area contributed by atoms with Crippen LogP contribution in [0.25, 0.3) is 0 Å². The molecule has 262 valence electrons. The number of hydrogen-bond acceptors (Lipinski definition) is 11. The Hall–Kier alpha value is -6.59. The van der Waals surface area contributed by atoms with Gasteiger partial charge in [-0.05, 0) is 60.7 Å². The predicted octanol–water partition coefficient (Wildman–Crippen LogP) is 6.10. The van der Waals surface area contributed by atoms with E-state index in [1.807, 2.05) is 0 Å². The van der Waals surface area contributed by atoms with Crippen molar-refractivity contribution in [2.75, 3.05) is 6.61 Å². The molecule has 5 aromatic carbocycles. The summed E-state index contributed by atoms with van der Waals surface area (Å²) in [6.45, 7) is -0.557. The summed E-state index contributed by atoms with van der Waals surface area (Å²) in [5.41, 5.74) is 0.762. The van der Waals surface area contributed by atoms with Crippen molar-refractivity contribution in [1.29, 1.82) is 0 Å². The summed E-state index contributed by atoms with van der Waals surface area (Å²) in [6, 6.07) is 40.0. The van der Waals surface area contributed by atoms with Crippen molar-refractivity contribution in [3.8, 4) is 0 Å². The van der Waals surface area contributed by atoms with Gasteiger partial charge in [-0.1, -0.05) is 91.0 Å². The van der Waals surface area contributed by atoms with E-state index in [1.165, 1.54) is 48.5 Å². The zero-order valence-electron chi connectivity index (χ0n) is 27.5. The zero-order chi connectivity index (χ0) is 36.3. The van der Waals surface area contributed by atoms with Gasteiger partial charge in [-0.3, -0.25) is 0 Å². The number of rotatable bonds is 11. The molecule has 0 aromatic heterocycles. The van der Waals surface area contributed by atoms with Gasteiger partial charge in [0, 0.05) is 0 Å². The third kappa shape index (κ3) is 8.76. The molecule has 5 aromatic rings. The van der Waals surface area contributed by atoms with Crippen LogP contribution in [-0.2, 0) is 28.4 Å². The summed E-state index contributed by atoms with van der Waals surface area (Å²) >= 11 is 0. The molecule has 1 fully saturated rings. The lowest BCUT2D eigenvalue weighted by Gasteiger charge is -2.43. The summed E-state index contributed by atoms with van der Waals surface area (Å²) in [6.07, 6.45) is -8.07. The van der Waals surface area contributed by atoms with Crippen LogP contribution in [0.1, 0.15) is 51.8 Å². The molecule has 11 nitrogen and oxygen atoms in total. The predicted molar refractivity (Wildman–Crippen MR) is 184 cm³/mol. The van der Waals surface area contributed by atoms with Crippen LogP contribution >= 0.6 is 0 Å². The summed E-state index contributed by atoms with van der Waals surface area (Å²) in [5, 5.41) is 0. The molecule has 0 radical (unpaired) electrons. The van der Waals surface area contributed by atoms with Crippen LogP contribution in [0.2, 0.25) is 0 Å². The van der Waals surface area contributed by atoms with Crippen molar-refractivity contribution in [3.63, 3.8) is 0 Å². The maximum absolute atomic E-state index is 13.7. The minimum absolute atomic E-state index is 0.125. The summed E-state index contributed by atoms with van der Waals surface area (Å²) in [7, 11) is 0. The van der Waals surface area contributed by atoms with Crippen molar-refractivity contribution < 1.29 is 52.4 Å². The van der Waals surface area contributed by atoms with E-state index in [-0.39, 0.29) is 27.8 Å². The molecule has 1 heterocycles. The Kier molecular flexibility index (Phi) is 11.4. The first kappa shape index (κ1) is 35.2. The van der Waals surface area contributed by atoms with Gasteiger partial charge in [0.05, 0.1) is 27.8 Å². The highest BCUT2D eigenvalue weighted by Crippen LogP contribution is 2.32. The summed E-state index contributed by atoms with van der Waals surface area (Å²) in [4.78, 5) is 67.4. The Labute approximate surface area is 298 Å². The first-order valence-corrected chi connectivity index (χ1v) is 16.3. The van der Waals surface area contributed by atoms with Crippen molar-refractivity contribution in [2.24, 2.45) is 0 Å². The molecule has 0 bridgehead atoms. The van der Waals surface area contributed by atoms with Crippen LogP contribution in [0.5, 0.6) is 0 Å². The molecule has 6 rings (SSSR count). The van der Waals surface area contributed by atoms with Crippen molar-refractivity contribution in [3.05, 3.63) is 179 Å². The van der Waals surface area contributed by atoms with Crippen LogP contribution in [0, 0.1) is 0 Å². The quantitative estimate of drug-likeness (QED) is 0.117. The highest BCUT2D eigenvalue weighted by Gasteiger charge is 2.54. The minimum Gasteiger partial charge on any atom is -0.459 e. The van der Waals surface area contributed by atoms with Crippen LogP contribution in [-0.4, -0.2) is 67.2 Å². The zero-order valence-corrected chi connectivity index (χ0v) is 27.5. The van der Waals surface area contributed by atoms with E-state index in [9.17, 15) is 24.0 Å². The largest absolute Gasteiger partial charge is 0.459 e. The molecular formula is C41H32O11. The number of esters is 5. The smallest absolute Gasteiger partial charge is 0.340 e. The SMILES string of the molecule is O=C(OC[C@H]1O[C@H](OC(=O)c2ccccc2)[C@@H](OC(=O)c2ccccc2)[C@@H](OC(=O)c2ccccc2)[C@@H]1OC(=O)c1ccccc1)c1ccccc1. The molecular weight excluding hydrogens is 668 g/mol. The topological polar surface area (TPSA) is 141 Å². The van der Waals surface area contributed by atoms with Crippen molar-refractivity contribution >= 4 is 29.8 Å². The molecule has 0 amide bonds. The minimum atomic E-state index is -1.75. The van der Waals surface area contributed by atoms with Crippen molar-refractivity contribution in [1.82, 2.24) is 0 Å². The van der Waals surface area contributed by atoms with Gasteiger partial charge in [0.25, 0.3) is 0 Å². The average Bonchev–Trinajstić information content (AvgIpc) is 3.20. The molecule has 52 heavy (non-hydrogen) atoms. The normalized spacial score (nSPS) is 19.3. The first-order valence-electron chi connectivity index (χ1n) is 16.3. The first-order chi connectivity index (χ1) is 25.4. The van der Waals surface area contributed by atoms with Gasteiger partial charge >= 0.3 is 29.8 Å². The molecule has 1 saturated heterocycles. The standard InChI is InChI=1S/C41H32O11/c42-36(27-16-6-1-7-17-27)47-26-32-33(49-37(43)28-18-8-2-9-19-28)34(50-38(44)29-20-10-3-11-21-29)35(51-39(45)30-22-12-4-13-23-30)41(48-32)52-40(46)31-24-14-5-15-25-31/h1-25,32-35,41H,26H2/t32-,33-,34+,35+,41-/m1/s1. The molecule has 11 heteroatoms. The fraction of sp³-hybridized carbons (Fsp3) is 0.146. The van der Waals surface area contributed by atoms with Crippen LogP contribution < -0.4 is 0 Å². The Morgan fingerprint density at radius 1 is 0.385 bits per heavy atom. The molecule has 0 spiro atoms. The van der Waals surface area contributed by atoms with E-state index < -0.39 is 67.2 Å². The molecule has 1 aliphatic rings. The second-order valence-electron chi connectivity index (χ2n) is 11.5. The van der Waals surface area contributed by atoms with Gasteiger partial charge in [-0.2, -0.15) is 0 Å². The number of benzene rings is 5. The second kappa shape index (κ2) is 16.9. The molecule has 0 N–H and O–H groups in total. The van der Waals surface area contributed by atoms with Gasteiger partial charge in [0.15, 0.2) is 12.2 Å². The molecule has 1 aliphatic heterocycles. The molecule has 0 saturated carbocycles. The fourth-order valence-electron chi connectivity index (χ4n) is 5.37. The van der Waals surface area contributed by atoms with Crippen LogP contribution in [0.3, 0.4) is 0 Å². The molecule has 5 atom stereocenters. The Morgan fingerprint density at radius 2 is 0.692 bits per heavy atom. The van der Waals surface area contributed by atoms with Gasteiger partial charge in [0.1, 0.15) is 12.7 Å². The maximum atomic E-state index is 13.7. The highest BCUT2D eigenvalue weighted by molar-refractivity contribution is 5.92.